The first-order chi connectivity index (χ1) is 9.58. The highest BCUT2D eigenvalue weighted by atomic mass is 16.5. The zero-order valence-corrected chi connectivity index (χ0v) is 12.4. The van der Waals surface area contributed by atoms with Crippen LogP contribution in [0.15, 0.2) is 18.2 Å². The number of benzene rings is 1. The van der Waals surface area contributed by atoms with Crippen molar-refractivity contribution in [2.75, 3.05) is 45.8 Å². The van der Waals surface area contributed by atoms with Gasteiger partial charge < -0.3 is 20.4 Å². The Labute approximate surface area is 120 Å². The molecule has 1 amide bonds. The van der Waals surface area contributed by atoms with E-state index in [1.807, 2.05) is 26.1 Å². The zero-order valence-electron chi connectivity index (χ0n) is 12.4. The van der Waals surface area contributed by atoms with Gasteiger partial charge in [0, 0.05) is 26.7 Å². The molecule has 0 aliphatic rings. The Balaban J connectivity index is 2.49. The molecule has 0 heterocycles. The molecule has 0 fully saturated rings. The lowest BCUT2D eigenvalue weighted by Crippen LogP contribution is -2.34. The summed E-state index contributed by atoms with van der Waals surface area (Å²) in [6.07, 6.45) is 0. The molecule has 0 radical (unpaired) electrons. The maximum Gasteiger partial charge on any atom is 0.253 e. The van der Waals surface area contributed by atoms with Gasteiger partial charge in [-0.05, 0) is 26.1 Å². The molecule has 20 heavy (non-hydrogen) atoms. The van der Waals surface area contributed by atoms with Crippen LogP contribution < -0.4 is 16.6 Å². The molecule has 1 aromatic rings. The van der Waals surface area contributed by atoms with Crippen LogP contribution in [0, 0.1) is 6.92 Å². The third-order valence-corrected chi connectivity index (χ3v) is 3.03. The van der Waals surface area contributed by atoms with Crippen molar-refractivity contribution in [2.24, 2.45) is 5.84 Å². The maximum absolute atomic E-state index is 12.1. The normalized spacial score (nSPS) is 10.7. The Morgan fingerprint density at radius 1 is 1.40 bits per heavy atom. The average Bonchev–Trinajstić information content (AvgIpc) is 2.44. The Morgan fingerprint density at radius 2 is 2.15 bits per heavy atom. The fraction of sp³-hybridized carbons (Fsp3) is 0.500. The molecule has 4 N–H and O–H groups in total. The minimum atomic E-state index is -0.123. The van der Waals surface area contributed by atoms with Gasteiger partial charge in [0.2, 0.25) is 0 Å². The van der Waals surface area contributed by atoms with E-state index in [-0.39, 0.29) is 5.91 Å². The van der Waals surface area contributed by atoms with Crippen molar-refractivity contribution in [2.45, 2.75) is 6.92 Å². The SMILES string of the molecule is COCCN(C)CCNC(=O)c1cc(C)ccc1NN. The largest absolute Gasteiger partial charge is 0.383 e. The fourth-order valence-corrected chi connectivity index (χ4v) is 1.79. The van der Waals surface area contributed by atoms with Gasteiger partial charge >= 0.3 is 0 Å². The van der Waals surface area contributed by atoms with Crippen molar-refractivity contribution in [3.63, 3.8) is 0 Å². The number of aryl methyl sites for hydroxylation is 1. The number of hydrazine groups is 1. The van der Waals surface area contributed by atoms with Crippen LogP contribution in [-0.4, -0.2) is 51.2 Å². The molecule has 0 saturated carbocycles. The molecule has 0 unspecified atom stereocenters. The lowest BCUT2D eigenvalue weighted by atomic mass is 10.1. The average molecular weight is 280 g/mol. The van der Waals surface area contributed by atoms with Gasteiger partial charge in [-0.1, -0.05) is 11.6 Å². The van der Waals surface area contributed by atoms with Crippen LogP contribution in [-0.2, 0) is 4.74 Å². The van der Waals surface area contributed by atoms with Crippen LogP contribution in [0.1, 0.15) is 15.9 Å². The smallest absolute Gasteiger partial charge is 0.253 e. The molecule has 6 nitrogen and oxygen atoms in total. The number of methoxy groups -OCH3 is 1. The number of hydrogen-bond acceptors (Lipinski definition) is 5. The highest BCUT2D eigenvalue weighted by Gasteiger charge is 2.10. The molecule has 112 valence electrons. The van der Waals surface area contributed by atoms with Crippen LogP contribution in [0.3, 0.4) is 0 Å². The Hall–Kier alpha value is -1.63. The summed E-state index contributed by atoms with van der Waals surface area (Å²) >= 11 is 0. The predicted molar refractivity (Wildman–Crippen MR) is 80.7 cm³/mol. The first kappa shape index (κ1) is 16.4. The number of likely N-dealkylation sites (N-methyl/N-ethyl adjacent to an activating group) is 1. The van der Waals surface area contributed by atoms with E-state index in [0.29, 0.717) is 24.4 Å². The van der Waals surface area contributed by atoms with E-state index in [4.69, 9.17) is 10.6 Å². The van der Waals surface area contributed by atoms with Gasteiger partial charge in [-0.2, -0.15) is 0 Å². The lowest BCUT2D eigenvalue weighted by Gasteiger charge is -2.16. The summed E-state index contributed by atoms with van der Waals surface area (Å²) in [6.45, 7) is 4.81. The number of nitrogens with one attached hydrogen (secondary N) is 2. The summed E-state index contributed by atoms with van der Waals surface area (Å²) in [5, 5.41) is 2.89. The van der Waals surface area contributed by atoms with Crippen LogP contribution >= 0.6 is 0 Å². The highest BCUT2D eigenvalue weighted by molar-refractivity contribution is 5.99. The molecular weight excluding hydrogens is 256 g/mol. The van der Waals surface area contributed by atoms with Crippen LogP contribution in [0.2, 0.25) is 0 Å². The Morgan fingerprint density at radius 3 is 2.80 bits per heavy atom. The molecule has 0 aliphatic carbocycles. The molecule has 0 aromatic heterocycles. The zero-order chi connectivity index (χ0) is 15.0. The number of nitrogen functional groups attached to an aromatic ring is 1. The molecular formula is C14H24N4O2. The summed E-state index contributed by atoms with van der Waals surface area (Å²) in [4.78, 5) is 14.2. The van der Waals surface area contributed by atoms with E-state index in [1.54, 1.807) is 13.2 Å². The number of ether oxygens (including phenoxy) is 1. The van der Waals surface area contributed by atoms with Gasteiger partial charge in [0.1, 0.15) is 0 Å². The summed E-state index contributed by atoms with van der Waals surface area (Å²) in [5.41, 5.74) is 4.75. The van der Waals surface area contributed by atoms with E-state index in [0.717, 1.165) is 18.7 Å². The number of carbonyl (C=O) groups is 1. The third kappa shape index (κ3) is 5.16. The monoisotopic (exact) mass is 280 g/mol. The highest BCUT2D eigenvalue weighted by Crippen LogP contribution is 2.15. The maximum atomic E-state index is 12.1. The van der Waals surface area contributed by atoms with Crippen molar-refractivity contribution in [3.05, 3.63) is 29.3 Å². The van der Waals surface area contributed by atoms with Gasteiger partial charge in [0.25, 0.3) is 5.91 Å². The minimum Gasteiger partial charge on any atom is -0.383 e. The van der Waals surface area contributed by atoms with E-state index < -0.39 is 0 Å². The number of anilines is 1. The van der Waals surface area contributed by atoms with Crippen molar-refractivity contribution in [1.82, 2.24) is 10.2 Å². The van der Waals surface area contributed by atoms with Gasteiger partial charge in [-0.25, -0.2) is 0 Å². The number of nitrogens with zero attached hydrogens (tertiary/aromatic N) is 1. The summed E-state index contributed by atoms with van der Waals surface area (Å²) < 4.78 is 5.00. The first-order valence-corrected chi connectivity index (χ1v) is 6.61. The molecule has 0 aliphatic heterocycles. The van der Waals surface area contributed by atoms with Gasteiger partial charge in [0.15, 0.2) is 0 Å². The third-order valence-electron chi connectivity index (χ3n) is 3.03. The second kappa shape index (κ2) is 8.52. The van der Waals surface area contributed by atoms with E-state index in [2.05, 4.69) is 15.6 Å². The number of rotatable bonds is 8. The van der Waals surface area contributed by atoms with E-state index >= 15 is 0 Å². The van der Waals surface area contributed by atoms with Crippen molar-refractivity contribution >= 4 is 11.6 Å². The molecule has 0 saturated heterocycles. The number of amides is 1. The Kier molecular flexibility index (Phi) is 7.00. The fourth-order valence-electron chi connectivity index (χ4n) is 1.79. The first-order valence-electron chi connectivity index (χ1n) is 6.61. The van der Waals surface area contributed by atoms with Crippen LogP contribution in [0.5, 0.6) is 0 Å². The number of nitrogens with two attached hydrogens (primary N) is 1. The Bertz CT molecular complexity index is 437. The van der Waals surface area contributed by atoms with Crippen molar-refractivity contribution in [1.29, 1.82) is 0 Å². The standard InChI is InChI=1S/C14H24N4O2/c1-11-4-5-13(17-15)12(10-11)14(19)16-6-7-18(2)8-9-20-3/h4-5,10,17H,6-9,15H2,1-3H3,(H,16,19). The van der Waals surface area contributed by atoms with Crippen LogP contribution in [0.4, 0.5) is 5.69 Å². The second-order valence-electron chi connectivity index (χ2n) is 4.75. The molecule has 0 atom stereocenters. The number of carbonyl (C=O) groups excluding carboxylic acids is 1. The number of hydrogen-bond donors (Lipinski definition) is 3. The molecule has 0 spiro atoms. The summed E-state index contributed by atoms with van der Waals surface area (Å²) in [5.74, 6) is 5.29. The molecule has 0 bridgehead atoms. The van der Waals surface area contributed by atoms with E-state index in [1.165, 1.54) is 0 Å². The van der Waals surface area contributed by atoms with Gasteiger partial charge in [-0.3, -0.25) is 10.6 Å². The second-order valence-corrected chi connectivity index (χ2v) is 4.75. The van der Waals surface area contributed by atoms with E-state index in [9.17, 15) is 4.79 Å². The van der Waals surface area contributed by atoms with Crippen molar-refractivity contribution in [3.8, 4) is 0 Å². The summed E-state index contributed by atoms with van der Waals surface area (Å²) in [6, 6.07) is 5.53. The van der Waals surface area contributed by atoms with Crippen LogP contribution in [0.25, 0.3) is 0 Å². The molecule has 1 aromatic carbocycles. The van der Waals surface area contributed by atoms with Crippen molar-refractivity contribution < 1.29 is 9.53 Å². The van der Waals surface area contributed by atoms with Gasteiger partial charge in [0.05, 0.1) is 17.9 Å². The predicted octanol–water partition coefficient (Wildman–Crippen LogP) is 0.589. The molecule has 6 heteroatoms. The summed E-state index contributed by atoms with van der Waals surface area (Å²) in [7, 11) is 3.67. The van der Waals surface area contributed by atoms with Gasteiger partial charge in [-0.15, -0.1) is 0 Å². The lowest BCUT2D eigenvalue weighted by molar-refractivity contribution is 0.0948. The minimum absolute atomic E-state index is 0.123. The topological polar surface area (TPSA) is 79.6 Å². The quantitative estimate of drug-likeness (QED) is 0.480. The molecule has 1 rings (SSSR count).